The first-order valence-electron chi connectivity index (χ1n) is 6.77. The van der Waals surface area contributed by atoms with Crippen LogP contribution in [0.1, 0.15) is 25.0 Å². The molecular formula is C17H15NO4. The molecule has 0 spiro atoms. The summed E-state index contributed by atoms with van der Waals surface area (Å²) in [6.45, 7) is 5.25. The van der Waals surface area contributed by atoms with Crippen LogP contribution in [0.5, 0.6) is 0 Å². The molecule has 22 heavy (non-hydrogen) atoms. The van der Waals surface area contributed by atoms with Crippen LogP contribution in [0.3, 0.4) is 0 Å². The summed E-state index contributed by atoms with van der Waals surface area (Å²) in [6.07, 6.45) is 2.08. The van der Waals surface area contributed by atoms with Gasteiger partial charge in [-0.2, -0.15) is 5.26 Å². The summed E-state index contributed by atoms with van der Waals surface area (Å²) < 4.78 is 10.4. The first-order chi connectivity index (χ1) is 10.4. The summed E-state index contributed by atoms with van der Waals surface area (Å²) >= 11 is 0. The van der Waals surface area contributed by atoms with Gasteiger partial charge in [-0.05, 0) is 44.5 Å². The minimum atomic E-state index is -0.763. The van der Waals surface area contributed by atoms with E-state index in [-0.39, 0.29) is 22.7 Å². The Kier molecular flexibility index (Phi) is 4.42. The predicted octanol–water partition coefficient (Wildman–Crippen LogP) is 2.96. The zero-order valence-electron chi connectivity index (χ0n) is 12.5. The number of carbonyl (C=O) groups is 1. The minimum absolute atomic E-state index is 0.133. The van der Waals surface area contributed by atoms with E-state index in [1.54, 1.807) is 38.1 Å². The number of hydrogen-bond acceptors (Lipinski definition) is 5. The molecule has 2 rings (SSSR count). The summed E-state index contributed by atoms with van der Waals surface area (Å²) in [5.41, 5.74) is 1.02. The topological polar surface area (TPSA) is 80.3 Å². The van der Waals surface area contributed by atoms with Gasteiger partial charge in [-0.25, -0.2) is 4.79 Å². The van der Waals surface area contributed by atoms with Crippen LogP contribution in [0, 0.1) is 18.3 Å². The molecule has 5 nitrogen and oxygen atoms in total. The Balaban J connectivity index is 2.51. The quantitative estimate of drug-likeness (QED) is 0.494. The lowest BCUT2D eigenvalue weighted by Crippen LogP contribution is -2.13. The van der Waals surface area contributed by atoms with Crippen molar-refractivity contribution in [2.45, 2.75) is 26.9 Å². The van der Waals surface area contributed by atoms with Gasteiger partial charge >= 0.3 is 5.97 Å². The molecule has 112 valence electrons. The fourth-order valence-corrected chi connectivity index (χ4v) is 1.92. The molecule has 0 N–H and O–H groups in total. The van der Waals surface area contributed by atoms with Crippen molar-refractivity contribution in [1.82, 2.24) is 0 Å². The molecule has 0 amide bonds. The van der Waals surface area contributed by atoms with E-state index >= 15 is 0 Å². The molecule has 0 aliphatic carbocycles. The maximum absolute atomic E-state index is 12.4. The van der Waals surface area contributed by atoms with E-state index in [4.69, 9.17) is 14.4 Å². The molecule has 0 aliphatic rings. The number of nitrogens with zero attached hydrogens (tertiary/aromatic N) is 1. The second-order valence-corrected chi connectivity index (χ2v) is 5.14. The summed E-state index contributed by atoms with van der Waals surface area (Å²) in [6, 6.07) is 6.95. The fourth-order valence-electron chi connectivity index (χ4n) is 1.92. The van der Waals surface area contributed by atoms with E-state index in [0.29, 0.717) is 11.0 Å². The van der Waals surface area contributed by atoms with Crippen molar-refractivity contribution in [2.75, 3.05) is 0 Å². The Morgan fingerprint density at radius 3 is 2.77 bits per heavy atom. The average molecular weight is 297 g/mol. The van der Waals surface area contributed by atoms with Gasteiger partial charge in [-0.1, -0.05) is 6.07 Å². The van der Waals surface area contributed by atoms with E-state index in [1.807, 2.05) is 6.92 Å². The molecule has 0 radical (unpaired) electrons. The second-order valence-electron chi connectivity index (χ2n) is 5.14. The summed E-state index contributed by atoms with van der Waals surface area (Å²) in [5, 5.41) is 9.46. The average Bonchev–Trinajstić information content (AvgIpc) is 2.45. The van der Waals surface area contributed by atoms with Crippen LogP contribution in [0.2, 0.25) is 0 Å². The Hall–Kier alpha value is -2.87. The predicted molar refractivity (Wildman–Crippen MR) is 82.0 cm³/mol. The molecule has 2 aromatic rings. The van der Waals surface area contributed by atoms with Crippen LogP contribution in [-0.2, 0) is 9.53 Å². The molecule has 1 aromatic heterocycles. The Labute approximate surface area is 127 Å². The monoisotopic (exact) mass is 297 g/mol. The highest BCUT2D eigenvalue weighted by atomic mass is 16.5. The van der Waals surface area contributed by atoms with Crippen molar-refractivity contribution in [2.24, 2.45) is 0 Å². The van der Waals surface area contributed by atoms with Gasteiger partial charge < -0.3 is 9.15 Å². The lowest BCUT2D eigenvalue weighted by molar-refractivity contribution is -0.142. The van der Waals surface area contributed by atoms with E-state index in [2.05, 4.69) is 0 Å². The highest BCUT2D eigenvalue weighted by Gasteiger charge is 2.14. The second kappa shape index (κ2) is 6.27. The van der Waals surface area contributed by atoms with Gasteiger partial charge in [0.25, 0.3) is 0 Å². The van der Waals surface area contributed by atoms with Crippen LogP contribution < -0.4 is 5.43 Å². The third-order valence-corrected chi connectivity index (χ3v) is 2.94. The number of fused-ring (bicyclic) bond motifs is 1. The zero-order valence-corrected chi connectivity index (χ0v) is 12.5. The lowest BCUT2D eigenvalue weighted by Gasteiger charge is -2.06. The van der Waals surface area contributed by atoms with Gasteiger partial charge in [0.2, 0.25) is 0 Å². The molecule has 0 bridgehead atoms. The first kappa shape index (κ1) is 15.5. The third-order valence-electron chi connectivity index (χ3n) is 2.94. The Bertz CT molecular complexity index is 853. The minimum Gasteiger partial charge on any atom is -0.463 e. The van der Waals surface area contributed by atoms with E-state index < -0.39 is 5.97 Å². The maximum atomic E-state index is 12.4. The van der Waals surface area contributed by atoms with Gasteiger partial charge in [0.1, 0.15) is 23.5 Å². The number of ether oxygens (including phenoxy) is 1. The molecule has 0 unspecified atom stereocenters. The molecule has 0 aliphatic heterocycles. The van der Waals surface area contributed by atoms with Crippen LogP contribution >= 0.6 is 0 Å². The highest BCUT2D eigenvalue weighted by Crippen LogP contribution is 2.15. The molecule has 0 atom stereocenters. The van der Waals surface area contributed by atoms with Gasteiger partial charge in [-0.15, -0.1) is 0 Å². The lowest BCUT2D eigenvalue weighted by atomic mass is 10.1. The summed E-state index contributed by atoms with van der Waals surface area (Å²) in [5.74, 6) is -0.763. The van der Waals surface area contributed by atoms with E-state index in [0.717, 1.165) is 5.56 Å². The normalized spacial score (nSPS) is 11.5. The van der Waals surface area contributed by atoms with E-state index in [9.17, 15) is 9.59 Å². The zero-order chi connectivity index (χ0) is 16.3. The largest absolute Gasteiger partial charge is 0.463 e. The van der Waals surface area contributed by atoms with Crippen molar-refractivity contribution < 1.29 is 13.9 Å². The van der Waals surface area contributed by atoms with Gasteiger partial charge in [-0.3, -0.25) is 4.79 Å². The first-order valence-corrected chi connectivity index (χ1v) is 6.77. The highest BCUT2D eigenvalue weighted by molar-refractivity contribution is 5.98. The molecule has 1 aromatic carbocycles. The van der Waals surface area contributed by atoms with Gasteiger partial charge in [0.15, 0.2) is 5.43 Å². The van der Waals surface area contributed by atoms with Crippen molar-refractivity contribution in [3.63, 3.8) is 0 Å². The van der Waals surface area contributed by atoms with Crippen LogP contribution in [0.4, 0.5) is 0 Å². The molecule has 5 heteroatoms. The third kappa shape index (κ3) is 3.23. The van der Waals surface area contributed by atoms with Crippen molar-refractivity contribution in [3.8, 4) is 6.07 Å². The number of nitriles is 1. The maximum Gasteiger partial charge on any atom is 0.349 e. The number of rotatable bonds is 3. The standard InChI is InChI=1S/C17H15NO4/c1-10(2)22-17(20)12(8-18)7-13-9-21-15-6-11(3)4-5-14(15)16(13)19/h4-7,9-10H,1-3H3/b12-7+. The van der Waals surface area contributed by atoms with Crippen LogP contribution in [0.25, 0.3) is 17.0 Å². The molecule has 0 saturated heterocycles. The number of hydrogen-bond donors (Lipinski definition) is 0. The number of carbonyl (C=O) groups excluding carboxylic acids is 1. The number of aryl methyl sites for hydroxylation is 1. The molecule has 0 fully saturated rings. The van der Waals surface area contributed by atoms with Crippen molar-refractivity contribution in [1.29, 1.82) is 5.26 Å². The molecule has 1 heterocycles. The smallest absolute Gasteiger partial charge is 0.349 e. The fraction of sp³-hybridized carbons (Fsp3) is 0.235. The van der Waals surface area contributed by atoms with Crippen molar-refractivity contribution >= 4 is 23.0 Å². The van der Waals surface area contributed by atoms with Crippen LogP contribution in [0.15, 0.2) is 39.2 Å². The van der Waals surface area contributed by atoms with Crippen molar-refractivity contribution in [3.05, 3.63) is 51.4 Å². The van der Waals surface area contributed by atoms with Gasteiger partial charge in [0, 0.05) is 0 Å². The molecular weight excluding hydrogens is 282 g/mol. The van der Waals surface area contributed by atoms with E-state index in [1.165, 1.54) is 12.3 Å². The Morgan fingerprint density at radius 2 is 2.14 bits per heavy atom. The van der Waals surface area contributed by atoms with Crippen LogP contribution in [-0.4, -0.2) is 12.1 Å². The number of esters is 1. The SMILES string of the molecule is Cc1ccc2c(=O)c(/C=C(\C#N)C(=O)OC(C)C)coc2c1. The number of benzene rings is 1. The van der Waals surface area contributed by atoms with Gasteiger partial charge in [0.05, 0.1) is 17.1 Å². The molecule has 0 saturated carbocycles. The Morgan fingerprint density at radius 1 is 1.41 bits per heavy atom. The summed E-state index contributed by atoms with van der Waals surface area (Å²) in [7, 11) is 0. The summed E-state index contributed by atoms with van der Waals surface area (Å²) in [4.78, 5) is 24.1.